The zero-order valence-electron chi connectivity index (χ0n) is 14.7. The number of rotatable bonds is 5. The van der Waals surface area contributed by atoms with E-state index in [1.807, 2.05) is 36.4 Å². The monoisotopic (exact) mass is 341 g/mol. The first-order valence-electron chi connectivity index (χ1n) is 8.10. The van der Waals surface area contributed by atoms with Crippen LogP contribution in [0.4, 0.5) is 4.79 Å². The Morgan fingerprint density at radius 1 is 0.960 bits per heavy atom. The SMILES string of the molecule is CC(C)(C)OC(=O)N[C@H](C(=O)OCc1ccccc1)c1ccccc1. The molecule has 0 aliphatic rings. The van der Waals surface area contributed by atoms with Gasteiger partial charge in [0.05, 0.1) is 0 Å². The highest BCUT2D eigenvalue weighted by molar-refractivity contribution is 5.82. The van der Waals surface area contributed by atoms with Crippen LogP contribution in [0.25, 0.3) is 0 Å². The maximum atomic E-state index is 12.5. The normalized spacial score (nSPS) is 12.1. The van der Waals surface area contributed by atoms with Crippen LogP contribution in [0.1, 0.15) is 37.9 Å². The molecule has 0 saturated carbocycles. The van der Waals surface area contributed by atoms with Gasteiger partial charge >= 0.3 is 12.1 Å². The molecule has 0 heterocycles. The Kier molecular flexibility index (Phi) is 6.17. The summed E-state index contributed by atoms with van der Waals surface area (Å²) in [5, 5.41) is 2.59. The van der Waals surface area contributed by atoms with Gasteiger partial charge < -0.3 is 14.8 Å². The van der Waals surface area contributed by atoms with Crippen LogP contribution in [0, 0.1) is 0 Å². The molecule has 0 radical (unpaired) electrons. The largest absolute Gasteiger partial charge is 0.459 e. The molecule has 132 valence electrons. The van der Waals surface area contributed by atoms with Gasteiger partial charge in [0.1, 0.15) is 12.2 Å². The summed E-state index contributed by atoms with van der Waals surface area (Å²) < 4.78 is 10.6. The molecule has 0 aromatic heterocycles. The number of esters is 1. The van der Waals surface area contributed by atoms with Crippen molar-refractivity contribution in [2.45, 2.75) is 39.0 Å². The molecule has 2 aromatic carbocycles. The van der Waals surface area contributed by atoms with Crippen LogP contribution in [0.5, 0.6) is 0 Å². The van der Waals surface area contributed by atoms with Crippen LogP contribution in [0.15, 0.2) is 60.7 Å². The highest BCUT2D eigenvalue weighted by Gasteiger charge is 2.27. The van der Waals surface area contributed by atoms with Crippen LogP contribution in [-0.4, -0.2) is 17.7 Å². The molecule has 0 fully saturated rings. The topological polar surface area (TPSA) is 64.6 Å². The Morgan fingerprint density at radius 2 is 1.52 bits per heavy atom. The van der Waals surface area contributed by atoms with Gasteiger partial charge in [0.2, 0.25) is 0 Å². The summed E-state index contributed by atoms with van der Waals surface area (Å²) in [6.07, 6.45) is -0.669. The smallest absolute Gasteiger partial charge is 0.408 e. The second-order valence-electron chi connectivity index (χ2n) is 6.58. The molecule has 0 aliphatic heterocycles. The Labute approximate surface area is 148 Å². The zero-order chi connectivity index (χ0) is 18.3. The minimum atomic E-state index is -0.931. The second-order valence-corrected chi connectivity index (χ2v) is 6.58. The van der Waals surface area contributed by atoms with E-state index in [-0.39, 0.29) is 6.61 Å². The number of ether oxygens (including phenoxy) is 2. The first-order valence-corrected chi connectivity index (χ1v) is 8.10. The highest BCUT2D eigenvalue weighted by atomic mass is 16.6. The van der Waals surface area contributed by atoms with Crippen molar-refractivity contribution in [3.8, 4) is 0 Å². The predicted octanol–water partition coefficient (Wildman–Crippen LogP) is 4.00. The van der Waals surface area contributed by atoms with Crippen LogP contribution in [0.2, 0.25) is 0 Å². The Hall–Kier alpha value is -2.82. The lowest BCUT2D eigenvalue weighted by atomic mass is 10.1. The highest BCUT2D eigenvalue weighted by Crippen LogP contribution is 2.17. The van der Waals surface area contributed by atoms with E-state index in [1.165, 1.54) is 0 Å². The van der Waals surface area contributed by atoms with Crippen LogP contribution in [-0.2, 0) is 20.9 Å². The molecule has 0 spiro atoms. The Bertz CT molecular complexity index is 693. The summed E-state index contributed by atoms with van der Waals surface area (Å²) in [7, 11) is 0. The number of alkyl carbamates (subject to hydrolysis) is 1. The third kappa shape index (κ3) is 6.30. The summed E-state index contributed by atoms with van der Waals surface area (Å²) in [6.45, 7) is 5.42. The number of hydrogen-bond acceptors (Lipinski definition) is 4. The van der Waals surface area contributed by atoms with Crippen molar-refractivity contribution < 1.29 is 19.1 Å². The van der Waals surface area contributed by atoms with Gasteiger partial charge in [0.25, 0.3) is 0 Å². The average molecular weight is 341 g/mol. The number of benzene rings is 2. The Morgan fingerprint density at radius 3 is 2.08 bits per heavy atom. The van der Waals surface area contributed by atoms with Crippen LogP contribution in [0.3, 0.4) is 0 Å². The standard InChI is InChI=1S/C20H23NO4/c1-20(2,3)25-19(23)21-17(16-12-8-5-9-13-16)18(22)24-14-15-10-6-4-7-11-15/h4-13,17H,14H2,1-3H3,(H,21,23)/t17-/m0/s1. The molecule has 0 unspecified atom stereocenters. The van der Waals surface area contributed by atoms with Crippen molar-refractivity contribution in [3.63, 3.8) is 0 Å². The van der Waals surface area contributed by atoms with Gasteiger partial charge in [-0.2, -0.15) is 0 Å². The number of nitrogens with one attached hydrogen (secondary N) is 1. The van der Waals surface area contributed by atoms with Crippen LogP contribution < -0.4 is 5.32 Å². The first-order chi connectivity index (χ1) is 11.8. The van der Waals surface area contributed by atoms with Gasteiger partial charge in [-0.15, -0.1) is 0 Å². The molecular formula is C20H23NO4. The lowest BCUT2D eigenvalue weighted by Crippen LogP contribution is -2.38. The van der Waals surface area contributed by atoms with Gasteiger partial charge in [-0.05, 0) is 31.9 Å². The predicted molar refractivity (Wildman–Crippen MR) is 94.8 cm³/mol. The summed E-state index contributed by atoms with van der Waals surface area (Å²) in [5.41, 5.74) is 0.852. The molecular weight excluding hydrogens is 318 g/mol. The molecule has 1 amide bonds. The summed E-state index contributed by atoms with van der Waals surface area (Å²) in [4.78, 5) is 24.6. The van der Waals surface area contributed by atoms with Crippen molar-refractivity contribution in [2.24, 2.45) is 0 Å². The van der Waals surface area contributed by atoms with Gasteiger partial charge in [-0.3, -0.25) is 0 Å². The third-order valence-electron chi connectivity index (χ3n) is 3.25. The van der Waals surface area contributed by atoms with Crippen molar-refractivity contribution in [1.29, 1.82) is 0 Å². The van der Waals surface area contributed by atoms with E-state index in [0.717, 1.165) is 5.56 Å². The van der Waals surface area contributed by atoms with E-state index >= 15 is 0 Å². The molecule has 25 heavy (non-hydrogen) atoms. The summed E-state index contributed by atoms with van der Waals surface area (Å²) in [5.74, 6) is -0.541. The number of carbonyl (C=O) groups is 2. The maximum Gasteiger partial charge on any atom is 0.408 e. The van der Waals surface area contributed by atoms with E-state index in [9.17, 15) is 9.59 Å². The third-order valence-corrected chi connectivity index (χ3v) is 3.25. The lowest BCUT2D eigenvalue weighted by molar-refractivity contribution is -0.147. The molecule has 1 atom stereocenters. The molecule has 5 nitrogen and oxygen atoms in total. The number of carbonyl (C=O) groups excluding carboxylic acids is 2. The maximum absolute atomic E-state index is 12.5. The quantitative estimate of drug-likeness (QED) is 0.835. The number of hydrogen-bond donors (Lipinski definition) is 1. The molecule has 0 bridgehead atoms. The minimum absolute atomic E-state index is 0.138. The fraction of sp³-hybridized carbons (Fsp3) is 0.300. The molecule has 2 aromatic rings. The van der Waals surface area contributed by atoms with Crippen molar-refractivity contribution >= 4 is 12.1 Å². The zero-order valence-corrected chi connectivity index (χ0v) is 14.7. The van der Waals surface area contributed by atoms with E-state index in [4.69, 9.17) is 9.47 Å². The minimum Gasteiger partial charge on any atom is -0.459 e. The van der Waals surface area contributed by atoms with Gasteiger partial charge in [-0.1, -0.05) is 60.7 Å². The summed E-state index contributed by atoms with van der Waals surface area (Å²) in [6, 6.07) is 17.4. The van der Waals surface area contributed by atoms with E-state index in [0.29, 0.717) is 5.56 Å². The van der Waals surface area contributed by atoms with Gasteiger partial charge in [0.15, 0.2) is 6.04 Å². The fourth-order valence-corrected chi connectivity index (χ4v) is 2.16. The summed E-state index contributed by atoms with van der Waals surface area (Å²) >= 11 is 0. The molecule has 0 saturated heterocycles. The van der Waals surface area contributed by atoms with E-state index in [2.05, 4.69) is 5.32 Å². The number of amides is 1. The van der Waals surface area contributed by atoms with Crippen molar-refractivity contribution in [1.82, 2.24) is 5.32 Å². The molecule has 5 heteroatoms. The molecule has 1 N–H and O–H groups in total. The van der Waals surface area contributed by atoms with Gasteiger partial charge in [0, 0.05) is 0 Å². The second kappa shape index (κ2) is 8.33. The van der Waals surface area contributed by atoms with E-state index in [1.54, 1.807) is 45.0 Å². The Balaban J connectivity index is 2.08. The fourth-order valence-electron chi connectivity index (χ4n) is 2.16. The van der Waals surface area contributed by atoms with Gasteiger partial charge in [-0.25, -0.2) is 9.59 Å². The van der Waals surface area contributed by atoms with Crippen LogP contribution >= 0.6 is 0 Å². The first kappa shape index (κ1) is 18.5. The van der Waals surface area contributed by atoms with Crippen molar-refractivity contribution in [2.75, 3.05) is 0 Å². The average Bonchev–Trinajstić information content (AvgIpc) is 2.58. The lowest BCUT2D eigenvalue weighted by Gasteiger charge is -2.23. The van der Waals surface area contributed by atoms with E-state index < -0.39 is 23.7 Å². The van der Waals surface area contributed by atoms with Crippen molar-refractivity contribution in [3.05, 3.63) is 71.8 Å². The molecule has 0 aliphatic carbocycles. The molecule has 2 rings (SSSR count).